The second kappa shape index (κ2) is 27.1. The van der Waals surface area contributed by atoms with Crippen LogP contribution in [0, 0.1) is 0 Å². The predicted molar refractivity (Wildman–Crippen MR) is 306 cm³/mol. The number of hydrogen-bond donors (Lipinski definition) is 6. The molecule has 0 saturated heterocycles. The molecule has 6 N–H and O–H groups in total. The number of amides is 6. The highest BCUT2D eigenvalue weighted by atomic mass is 16.6. The Labute approximate surface area is 457 Å². The van der Waals surface area contributed by atoms with Crippen LogP contribution in [0.3, 0.4) is 0 Å². The summed E-state index contributed by atoms with van der Waals surface area (Å²) in [6.07, 6.45) is -0.522. The van der Waals surface area contributed by atoms with E-state index in [0.29, 0.717) is 68.2 Å². The van der Waals surface area contributed by atoms with Crippen molar-refractivity contribution in [2.75, 3.05) is 60.8 Å². The highest BCUT2D eigenvalue weighted by molar-refractivity contribution is 6.12. The smallest absolute Gasteiger partial charge is 0.411 e. The Hall–Kier alpha value is -9.32. The molecule has 6 amide bonds. The van der Waals surface area contributed by atoms with Gasteiger partial charge in [-0.2, -0.15) is 9.13 Å². The van der Waals surface area contributed by atoms with Gasteiger partial charge in [0.25, 0.3) is 0 Å². The SMILES string of the molecule is CCOC(=O)Nc1ccc2c(c1)c(-c1ccccc1)[n+](CCCNC(=O)CCCC(=O)NCCC[n+]1c(-c3ccccc3)c3cc(NC(=O)OCC)ccc3c3ccc(NC(=O)OCC)cc31)c1cc(NC(=O)OCC)ccc21. The summed E-state index contributed by atoms with van der Waals surface area (Å²) in [4.78, 5) is 76.6. The third kappa shape index (κ3) is 14.2. The molecule has 0 saturated carbocycles. The zero-order valence-corrected chi connectivity index (χ0v) is 44.9. The fraction of sp³-hybridized carbons (Fsp3) is 0.279. The van der Waals surface area contributed by atoms with Gasteiger partial charge in [0.15, 0.2) is 13.1 Å². The Bertz CT molecular complexity index is 3290. The first-order valence-electron chi connectivity index (χ1n) is 26.7. The Morgan fingerprint density at radius 1 is 0.380 bits per heavy atom. The van der Waals surface area contributed by atoms with Crippen molar-refractivity contribution in [1.82, 2.24) is 10.6 Å². The van der Waals surface area contributed by atoms with Gasteiger partial charge in [0.05, 0.1) is 59.3 Å². The molecular weight excluding hydrogens is 1000 g/mol. The van der Waals surface area contributed by atoms with Crippen LogP contribution in [0.15, 0.2) is 133 Å². The standard InChI is InChI=1S/C61H64N8O10/c1-5-76-58(72)64-42-24-28-46-48-30-26-44(66-60(74)78-7-3)38-52(48)68(56(50(46)36-42)40-18-11-9-12-19-40)34-16-32-62-54(70)22-15-23-55(71)63-33-17-35-69-53-39-45(67-61(75)79-8-4)27-31-49(53)47-29-25-43(65-59(73)77-6-2)37-51(47)57(69)41-20-13-10-14-21-41/h9-14,18-21,24-31,36-39H,5-8,15-17,22-23,32-35H2,1-4H3,(H4,62,63,64,65,70,71,72,73)/p+2. The minimum absolute atomic E-state index is 0.155. The number of nitrogens with zero attached hydrogens (tertiary/aromatic N) is 2. The number of anilines is 4. The number of rotatable bonds is 22. The second-order valence-corrected chi connectivity index (χ2v) is 18.4. The minimum atomic E-state index is -0.569. The van der Waals surface area contributed by atoms with E-state index in [1.807, 2.05) is 133 Å². The van der Waals surface area contributed by atoms with E-state index >= 15 is 0 Å². The molecule has 8 aromatic rings. The third-order valence-electron chi connectivity index (χ3n) is 13.0. The Balaban J connectivity index is 0.938. The highest BCUT2D eigenvalue weighted by Gasteiger charge is 2.27. The van der Waals surface area contributed by atoms with Gasteiger partial charge in [0, 0.05) is 84.2 Å². The summed E-state index contributed by atoms with van der Waals surface area (Å²) in [5, 5.41) is 22.8. The molecule has 2 aromatic heterocycles. The molecule has 0 aliphatic heterocycles. The average Bonchev–Trinajstić information content (AvgIpc) is 3.59. The molecule has 0 spiro atoms. The lowest BCUT2D eigenvalue weighted by atomic mass is 9.98. The van der Waals surface area contributed by atoms with Crippen LogP contribution >= 0.6 is 0 Å². The van der Waals surface area contributed by atoms with Crippen LogP contribution in [0.5, 0.6) is 0 Å². The predicted octanol–water partition coefficient (Wildman–Crippen LogP) is 11.4. The third-order valence-corrected chi connectivity index (χ3v) is 13.0. The van der Waals surface area contributed by atoms with Crippen molar-refractivity contribution in [1.29, 1.82) is 0 Å². The molecule has 8 rings (SSSR count). The number of aromatic nitrogens is 2. The van der Waals surface area contributed by atoms with Gasteiger partial charge in [-0.1, -0.05) is 48.5 Å². The number of hydrogen-bond acceptors (Lipinski definition) is 10. The second-order valence-electron chi connectivity index (χ2n) is 18.4. The molecule has 18 nitrogen and oxygen atoms in total. The van der Waals surface area contributed by atoms with Gasteiger partial charge in [-0.25, -0.2) is 19.2 Å². The summed E-state index contributed by atoms with van der Waals surface area (Å²) in [6.45, 7) is 9.51. The van der Waals surface area contributed by atoms with E-state index in [0.717, 1.165) is 65.9 Å². The lowest BCUT2D eigenvalue weighted by molar-refractivity contribution is -0.659. The number of benzene rings is 6. The maximum Gasteiger partial charge on any atom is 0.411 e. The van der Waals surface area contributed by atoms with E-state index < -0.39 is 24.4 Å². The maximum absolute atomic E-state index is 13.3. The lowest BCUT2D eigenvalue weighted by Crippen LogP contribution is -2.39. The summed E-state index contributed by atoms with van der Waals surface area (Å²) in [6, 6.07) is 42.6. The van der Waals surface area contributed by atoms with Gasteiger partial charge in [-0.05, 0) is 107 Å². The van der Waals surface area contributed by atoms with Crippen LogP contribution < -0.4 is 41.0 Å². The van der Waals surface area contributed by atoms with Crippen molar-refractivity contribution >= 4 is 102 Å². The Morgan fingerprint density at radius 3 is 1.05 bits per heavy atom. The fourth-order valence-electron chi connectivity index (χ4n) is 9.69. The largest absolute Gasteiger partial charge is 0.450 e. The van der Waals surface area contributed by atoms with E-state index in [4.69, 9.17) is 18.9 Å². The maximum atomic E-state index is 13.3. The first-order chi connectivity index (χ1) is 38.5. The summed E-state index contributed by atoms with van der Waals surface area (Å²) in [7, 11) is 0. The van der Waals surface area contributed by atoms with Crippen molar-refractivity contribution in [3.05, 3.63) is 133 Å². The molecule has 0 bridgehead atoms. The molecule has 0 fully saturated rings. The number of carbonyl (C=O) groups excluding carboxylic acids is 6. The normalized spacial score (nSPS) is 11.0. The van der Waals surface area contributed by atoms with Gasteiger partial charge in [0.1, 0.15) is 0 Å². The van der Waals surface area contributed by atoms with Gasteiger partial charge in [0.2, 0.25) is 34.2 Å². The number of pyridine rings is 2. The van der Waals surface area contributed by atoms with Crippen molar-refractivity contribution < 1.29 is 56.8 Å². The Kier molecular flexibility index (Phi) is 19.2. The van der Waals surface area contributed by atoms with Gasteiger partial charge in [-0.15, -0.1) is 0 Å². The van der Waals surface area contributed by atoms with Crippen molar-refractivity contribution in [3.63, 3.8) is 0 Å². The van der Waals surface area contributed by atoms with E-state index in [-0.39, 0.29) is 51.1 Å². The number of fused-ring (bicyclic) bond motifs is 6. The van der Waals surface area contributed by atoms with Crippen LogP contribution in [-0.2, 0) is 41.6 Å². The number of ether oxygens (including phenoxy) is 4. The van der Waals surface area contributed by atoms with E-state index in [1.165, 1.54) is 0 Å². The first-order valence-corrected chi connectivity index (χ1v) is 26.7. The van der Waals surface area contributed by atoms with E-state index in [1.54, 1.807) is 27.7 Å². The quantitative estimate of drug-likeness (QED) is 0.0163. The van der Waals surface area contributed by atoms with Crippen LogP contribution in [-0.4, -0.2) is 75.7 Å². The zero-order chi connectivity index (χ0) is 55.7. The molecule has 18 heteroatoms. The molecule has 0 aliphatic rings. The lowest BCUT2D eigenvalue weighted by Gasteiger charge is -2.15. The van der Waals surface area contributed by atoms with Crippen LogP contribution in [0.4, 0.5) is 41.9 Å². The van der Waals surface area contributed by atoms with Crippen LogP contribution in [0.2, 0.25) is 0 Å². The molecule has 79 heavy (non-hydrogen) atoms. The van der Waals surface area contributed by atoms with Crippen molar-refractivity contribution in [2.24, 2.45) is 0 Å². The van der Waals surface area contributed by atoms with Crippen molar-refractivity contribution in [2.45, 2.75) is 72.9 Å². The summed E-state index contributed by atoms with van der Waals surface area (Å²) < 4.78 is 25.0. The molecule has 0 radical (unpaired) electrons. The first kappa shape index (κ1) is 55.9. The summed E-state index contributed by atoms with van der Waals surface area (Å²) in [5.74, 6) is -0.351. The molecule has 2 heterocycles. The molecule has 6 aromatic carbocycles. The molecule has 0 unspecified atom stereocenters. The number of aryl methyl sites for hydroxylation is 2. The average molecular weight is 1070 g/mol. The van der Waals surface area contributed by atoms with Gasteiger partial charge < -0.3 is 29.6 Å². The molecular formula is C61H66N8O10+2. The van der Waals surface area contributed by atoms with Gasteiger partial charge in [-0.3, -0.25) is 30.9 Å². The highest BCUT2D eigenvalue weighted by Crippen LogP contribution is 2.36. The fourth-order valence-corrected chi connectivity index (χ4v) is 9.69. The van der Waals surface area contributed by atoms with Crippen LogP contribution in [0.25, 0.3) is 65.9 Å². The van der Waals surface area contributed by atoms with Crippen LogP contribution in [0.1, 0.15) is 59.8 Å². The minimum Gasteiger partial charge on any atom is -0.450 e. The number of carbonyl (C=O) groups is 6. The zero-order valence-electron chi connectivity index (χ0n) is 44.9. The summed E-state index contributed by atoms with van der Waals surface area (Å²) in [5.41, 5.74) is 7.48. The molecule has 0 atom stereocenters. The Morgan fingerprint density at radius 2 is 0.709 bits per heavy atom. The molecule has 408 valence electrons. The molecule has 0 aliphatic carbocycles. The van der Waals surface area contributed by atoms with E-state index in [9.17, 15) is 28.8 Å². The topological polar surface area (TPSA) is 219 Å². The number of nitrogens with one attached hydrogen (secondary N) is 6. The van der Waals surface area contributed by atoms with E-state index in [2.05, 4.69) is 41.0 Å². The van der Waals surface area contributed by atoms with Crippen molar-refractivity contribution in [3.8, 4) is 22.5 Å². The monoisotopic (exact) mass is 1070 g/mol. The summed E-state index contributed by atoms with van der Waals surface area (Å²) >= 11 is 0. The van der Waals surface area contributed by atoms with Gasteiger partial charge >= 0.3 is 24.4 Å².